The molecule has 1 fully saturated rings. The lowest BCUT2D eigenvalue weighted by Gasteiger charge is -2.37. The second-order valence-electron chi connectivity index (χ2n) is 8.41. The van der Waals surface area contributed by atoms with Gasteiger partial charge < -0.3 is 14.4 Å². The van der Waals surface area contributed by atoms with Crippen molar-refractivity contribution in [3.63, 3.8) is 0 Å². The van der Waals surface area contributed by atoms with Crippen molar-refractivity contribution in [3.8, 4) is 0 Å². The molecule has 2 aliphatic rings. The number of aromatic nitrogens is 2. The molecule has 2 aliphatic heterocycles. The van der Waals surface area contributed by atoms with E-state index in [-0.39, 0.29) is 5.91 Å². The van der Waals surface area contributed by atoms with Crippen LogP contribution in [0.3, 0.4) is 0 Å². The Hall–Kier alpha value is -2.82. The van der Waals surface area contributed by atoms with Gasteiger partial charge in [0.25, 0.3) is 5.91 Å². The van der Waals surface area contributed by atoms with E-state index in [0.717, 1.165) is 61.6 Å². The van der Waals surface area contributed by atoms with Crippen molar-refractivity contribution in [1.82, 2.24) is 14.5 Å². The van der Waals surface area contributed by atoms with Gasteiger partial charge in [0, 0.05) is 50.4 Å². The minimum atomic E-state index is 0.124. The fourth-order valence-electron chi connectivity index (χ4n) is 4.70. The van der Waals surface area contributed by atoms with Crippen molar-refractivity contribution < 1.29 is 4.79 Å². The molecular weight excluding hydrogens is 360 g/mol. The average molecular weight is 389 g/mol. The highest BCUT2D eigenvalue weighted by molar-refractivity contribution is 5.97. The number of fused-ring (bicyclic) bond motifs is 3. The smallest absolute Gasteiger partial charge is 0.254 e. The third-order valence-electron chi connectivity index (χ3n) is 6.38. The lowest BCUT2D eigenvalue weighted by atomic mass is 10.1. The Labute approximate surface area is 171 Å². The van der Waals surface area contributed by atoms with Crippen LogP contribution in [0.2, 0.25) is 0 Å². The Morgan fingerprint density at radius 1 is 0.931 bits per heavy atom. The summed E-state index contributed by atoms with van der Waals surface area (Å²) in [6, 6.07) is 12.6. The molecule has 0 spiro atoms. The molecule has 5 nitrogen and oxygen atoms in total. The molecule has 29 heavy (non-hydrogen) atoms. The molecule has 0 radical (unpaired) electrons. The first kappa shape index (κ1) is 18.2. The molecule has 1 saturated heterocycles. The zero-order valence-electron chi connectivity index (χ0n) is 17.3. The number of carbonyl (C=O) groups excluding carboxylic acids is 1. The van der Waals surface area contributed by atoms with E-state index in [9.17, 15) is 4.79 Å². The van der Waals surface area contributed by atoms with E-state index >= 15 is 0 Å². The van der Waals surface area contributed by atoms with E-state index in [0.29, 0.717) is 0 Å². The molecule has 0 bridgehead atoms. The summed E-state index contributed by atoms with van der Waals surface area (Å²) in [6.07, 6.45) is 3.46. The molecule has 0 unspecified atom stereocenters. The predicted molar refractivity (Wildman–Crippen MR) is 117 cm³/mol. The molecule has 1 amide bonds. The summed E-state index contributed by atoms with van der Waals surface area (Å²) < 4.78 is 2.32. The first-order valence-corrected chi connectivity index (χ1v) is 10.7. The largest absolute Gasteiger partial charge is 0.368 e. The van der Waals surface area contributed by atoms with Crippen LogP contribution in [0, 0.1) is 13.8 Å². The van der Waals surface area contributed by atoms with Gasteiger partial charge in [-0.25, -0.2) is 4.98 Å². The number of piperazine rings is 1. The van der Waals surface area contributed by atoms with E-state index in [1.54, 1.807) is 0 Å². The van der Waals surface area contributed by atoms with Crippen molar-refractivity contribution in [2.24, 2.45) is 0 Å². The number of carbonyl (C=O) groups is 1. The summed E-state index contributed by atoms with van der Waals surface area (Å²) in [5.74, 6) is 1.29. The Kier molecular flexibility index (Phi) is 4.53. The molecule has 0 saturated carbocycles. The third-order valence-corrected chi connectivity index (χ3v) is 6.38. The van der Waals surface area contributed by atoms with Crippen LogP contribution in [0.15, 0.2) is 36.4 Å². The van der Waals surface area contributed by atoms with Crippen molar-refractivity contribution in [1.29, 1.82) is 0 Å². The molecule has 3 heterocycles. The molecular formula is C24H28N4O. The van der Waals surface area contributed by atoms with E-state index in [4.69, 9.17) is 4.98 Å². The minimum Gasteiger partial charge on any atom is -0.368 e. The highest BCUT2D eigenvalue weighted by Crippen LogP contribution is 2.25. The van der Waals surface area contributed by atoms with E-state index in [1.807, 2.05) is 17.0 Å². The highest BCUT2D eigenvalue weighted by Gasteiger charge is 2.24. The second kappa shape index (κ2) is 7.21. The van der Waals surface area contributed by atoms with Crippen molar-refractivity contribution >= 4 is 22.6 Å². The van der Waals surface area contributed by atoms with Crippen LogP contribution in [0.4, 0.5) is 5.69 Å². The maximum Gasteiger partial charge on any atom is 0.254 e. The van der Waals surface area contributed by atoms with Crippen LogP contribution in [0.5, 0.6) is 0 Å². The zero-order valence-corrected chi connectivity index (χ0v) is 17.3. The number of aryl methyl sites for hydroxylation is 4. The maximum absolute atomic E-state index is 13.1. The topological polar surface area (TPSA) is 41.4 Å². The second-order valence-corrected chi connectivity index (χ2v) is 8.41. The fraction of sp³-hybridized carbons (Fsp3) is 0.417. The summed E-state index contributed by atoms with van der Waals surface area (Å²) in [7, 11) is 0. The van der Waals surface area contributed by atoms with Gasteiger partial charge in [0.2, 0.25) is 0 Å². The van der Waals surface area contributed by atoms with Gasteiger partial charge in [-0.2, -0.15) is 0 Å². The number of hydrogen-bond acceptors (Lipinski definition) is 3. The van der Waals surface area contributed by atoms with Crippen LogP contribution in [0.1, 0.15) is 40.2 Å². The lowest BCUT2D eigenvalue weighted by Crippen LogP contribution is -2.49. The van der Waals surface area contributed by atoms with Gasteiger partial charge in [0.05, 0.1) is 11.0 Å². The molecule has 5 rings (SSSR count). The zero-order chi connectivity index (χ0) is 20.0. The van der Waals surface area contributed by atoms with Gasteiger partial charge in [0.1, 0.15) is 5.82 Å². The van der Waals surface area contributed by atoms with Crippen LogP contribution in [0.25, 0.3) is 11.0 Å². The Bertz CT molecular complexity index is 1080. The first-order valence-electron chi connectivity index (χ1n) is 10.7. The molecule has 0 N–H and O–H groups in total. The summed E-state index contributed by atoms with van der Waals surface area (Å²) in [5, 5.41) is 0. The van der Waals surface area contributed by atoms with Crippen LogP contribution < -0.4 is 4.90 Å². The molecule has 150 valence electrons. The quantitative estimate of drug-likeness (QED) is 0.667. The van der Waals surface area contributed by atoms with Crippen LogP contribution in [-0.2, 0) is 13.0 Å². The molecule has 3 aromatic rings. The van der Waals surface area contributed by atoms with Gasteiger partial charge in [-0.3, -0.25) is 4.79 Å². The summed E-state index contributed by atoms with van der Waals surface area (Å²) in [6.45, 7) is 8.58. The predicted octanol–water partition coefficient (Wildman–Crippen LogP) is 3.95. The Morgan fingerprint density at radius 3 is 2.59 bits per heavy atom. The summed E-state index contributed by atoms with van der Waals surface area (Å²) >= 11 is 0. The van der Waals surface area contributed by atoms with Gasteiger partial charge in [-0.1, -0.05) is 12.1 Å². The van der Waals surface area contributed by atoms with Crippen LogP contribution in [-0.4, -0.2) is 46.5 Å². The third kappa shape index (κ3) is 3.28. The number of nitrogens with zero attached hydrogens (tertiary/aromatic N) is 4. The van der Waals surface area contributed by atoms with Crippen molar-refractivity contribution in [3.05, 3.63) is 58.9 Å². The normalized spacial score (nSPS) is 16.9. The summed E-state index contributed by atoms with van der Waals surface area (Å²) in [5.41, 5.74) is 6.75. The molecule has 2 aromatic carbocycles. The Balaban J connectivity index is 1.32. The number of imidazole rings is 1. The van der Waals surface area contributed by atoms with Gasteiger partial charge in [-0.15, -0.1) is 0 Å². The van der Waals surface area contributed by atoms with E-state index in [2.05, 4.69) is 47.6 Å². The Morgan fingerprint density at radius 2 is 1.76 bits per heavy atom. The number of hydrogen-bond donors (Lipinski definition) is 0. The number of amides is 1. The number of benzene rings is 2. The molecule has 0 aliphatic carbocycles. The van der Waals surface area contributed by atoms with Gasteiger partial charge >= 0.3 is 0 Å². The van der Waals surface area contributed by atoms with Gasteiger partial charge in [0.15, 0.2) is 0 Å². The standard InChI is InChI=1S/C24H28N4O/c1-17-6-7-18(2)22(15-17)26-11-13-27(14-12-26)24(29)19-8-9-21-20(16-19)25-23-5-3-4-10-28(21)23/h6-9,15-16H,3-5,10-14H2,1-2H3. The lowest BCUT2D eigenvalue weighted by molar-refractivity contribution is 0.0747. The monoisotopic (exact) mass is 388 g/mol. The van der Waals surface area contributed by atoms with E-state index < -0.39 is 0 Å². The van der Waals surface area contributed by atoms with Crippen LogP contribution >= 0.6 is 0 Å². The highest BCUT2D eigenvalue weighted by atomic mass is 16.2. The fourth-order valence-corrected chi connectivity index (χ4v) is 4.70. The van der Waals surface area contributed by atoms with Crippen molar-refractivity contribution in [2.45, 2.75) is 39.7 Å². The number of rotatable bonds is 2. The van der Waals surface area contributed by atoms with E-state index in [1.165, 1.54) is 29.7 Å². The van der Waals surface area contributed by atoms with Crippen molar-refractivity contribution in [2.75, 3.05) is 31.1 Å². The number of anilines is 1. The average Bonchev–Trinajstić information content (AvgIpc) is 3.13. The first-order chi connectivity index (χ1) is 14.1. The maximum atomic E-state index is 13.1. The molecule has 0 atom stereocenters. The molecule has 5 heteroatoms. The minimum absolute atomic E-state index is 0.124. The molecule has 1 aromatic heterocycles. The van der Waals surface area contributed by atoms with Gasteiger partial charge in [-0.05, 0) is 62.1 Å². The SMILES string of the molecule is Cc1ccc(C)c(N2CCN(C(=O)c3ccc4c(c3)nc3n4CCCC3)CC2)c1. The summed E-state index contributed by atoms with van der Waals surface area (Å²) in [4.78, 5) is 22.3.